The van der Waals surface area contributed by atoms with Gasteiger partial charge < -0.3 is 5.32 Å². The van der Waals surface area contributed by atoms with Crippen molar-refractivity contribution in [1.82, 2.24) is 4.98 Å². The normalized spacial score (nSPS) is 10.1. The number of pyridine rings is 1. The third-order valence-corrected chi connectivity index (χ3v) is 2.53. The number of halogens is 1. The van der Waals surface area contributed by atoms with Crippen molar-refractivity contribution in [3.8, 4) is 0 Å². The molecule has 2 rings (SSSR count). The second-order valence-electron chi connectivity index (χ2n) is 3.75. The SMILES string of the molecule is Cc1cccc(Nc2nc(Cl)ccc2[N+](=O)[O-])c1. The molecule has 0 amide bonds. The Labute approximate surface area is 109 Å². The molecule has 1 aromatic heterocycles. The fraction of sp³-hybridized carbons (Fsp3) is 0.0833. The van der Waals surface area contributed by atoms with Gasteiger partial charge in [0.1, 0.15) is 5.15 Å². The Morgan fingerprint density at radius 1 is 1.33 bits per heavy atom. The van der Waals surface area contributed by atoms with E-state index in [1.54, 1.807) is 6.07 Å². The van der Waals surface area contributed by atoms with Crippen LogP contribution in [0.2, 0.25) is 5.15 Å². The molecule has 0 atom stereocenters. The van der Waals surface area contributed by atoms with Crippen LogP contribution in [0, 0.1) is 17.0 Å². The van der Waals surface area contributed by atoms with Crippen LogP contribution in [-0.2, 0) is 0 Å². The highest BCUT2D eigenvalue weighted by Gasteiger charge is 2.15. The predicted molar refractivity (Wildman–Crippen MR) is 70.4 cm³/mol. The molecule has 18 heavy (non-hydrogen) atoms. The van der Waals surface area contributed by atoms with E-state index >= 15 is 0 Å². The maximum Gasteiger partial charge on any atom is 0.311 e. The number of hydrogen-bond donors (Lipinski definition) is 1. The number of nitrogens with one attached hydrogen (secondary N) is 1. The molecule has 0 saturated carbocycles. The average molecular weight is 264 g/mol. The molecule has 5 nitrogen and oxygen atoms in total. The van der Waals surface area contributed by atoms with Gasteiger partial charge in [0.25, 0.3) is 0 Å². The maximum absolute atomic E-state index is 10.9. The molecule has 0 aliphatic carbocycles. The lowest BCUT2D eigenvalue weighted by atomic mass is 10.2. The number of hydrogen-bond acceptors (Lipinski definition) is 4. The standard InChI is InChI=1S/C12H10ClN3O2/c1-8-3-2-4-9(7-8)14-12-10(16(17)18)5-6-11(13)15-12/h2-7H,1H3,(H,14,15). The summed E-state index contributed by atoms with van der Waals surface area (Å²) >= 11 is 5.75. The molecule has 2 aromatic rings. The first-order chi connectivity index (χ1) is 8.56. The van der Waals surface area contributed by atoms with Crippen molar-refractivity contribution in [2.45, 2.75) is 6.92 Å². The van der Waals surface area contributed by atoms with E-state index in [9.17, 15) is 10.1 Å². The molecule has 0 fully saturated rings. The lowest BCUT2D eigenvalue weighted by molar-refractivity contribution is -0.384. The molecule has 0 unspecified atom stereocenters. The van der Waals surface area contributed by atoms with Gasteiger partial charge in [0.15, 0.2) is 0 Å². The van der Waals surface area contributed by atoms with E-state index in [0.717, 1.165) is 11.3 Å². The highest BCUT2D eigenvalue weighted by molar-refractivity contribution is 6.29. The first-order valence-electron chi connectivity index (χ1n) is 5.21. The zero-order chi connectivity index (χ0) is 13.1. The van der Waals surface area contributed by atoms with Crippen molar-refractivity contribution in [3.05, 3.63) is 57.2 Å². The first kappa shape index (κ1) is 12.3. The van der Waals surface area contributed by atoms with Crippen molar-refractivity contribution < 1.29 is 4.92 Å². The number of aromatic nitrogens is 1. The van der Waals surface area contributed by atoms with Crippen LogP contribution in [0.1, 0.15) is 5.56 Å². The lowest BCUT2D eigenvalue weighted by Crippen LogP contribution is -1.99. The van der Waals surface area contributed by atoms with Gasteiger partial charge in [-0.1, -0.05) is 23.7 Å². The zero-order valence-electron chi connectivity index (χ0n) is 9.55. The van der Waals surface area contributed by atoms with Crippen LogP contribution in [-0.4, -0.2) is 9.91 Å². The number of nitro groups is 1. The minimum Gasteiger partial charge on any atom is -0.334 e. The van der Waals surface area contributed by atoms with Crippen LogP contribution < -0.4 is 5.32 Å². The quantitative estimate of drug-likeness (QED) is 0.521. The molecular formula is C12H10ClN3O2. The van der Waals surface area contributed by atoms with Crippen LogP contribution in [0.4, 0.5) is 17.2 Å². The van der Waals surface area contributed by atoms with Gasteiger partial charge in [-0.25, -0.2) is 4.98 Å². The fourth-order valence-corrected chi connectivity index (χ4v) is 1.67. The van der Waals surface area contributed by atoms with E-state index < -0.39 is 4.92 Å². The van der Waals surface area contributed by atoms with Crippen LogP contribution in [0.5, 0.6) is 0 Å². The molecular weight excluding hydrogens is 254 g/mol. The number of anilines is 2. The van der Waals surface area contributed by atoms with Crippen molar-refractivity contribution in [1.29, 1.82) is 0 Å². The topological polar surface area (TPSA) is 68.1 Å². The van der Waals surface area contributed by atoms with Crippen molar-refractivity contribution in [2.75, 3.05) is 5.32 Å². The molecule has 92 valence electrons. The summed E-state index contributed by atoms with van der Waals surface area (Å²) in [5, 5.41) is 14.0. The Morgan fingerprint density at radius 3 is 2.78 bits per heavy atom. The highest BCUT2D eigenvalue weighted by atomic mass is 35.5. The van der Waals surface area contributed by atoms with Crippen LogP contribution in [0.15, 0.2) is 36.4 Å². The molecule has 0 saturated heterocycles. The molecule has 1 heterocycles. The van der Waals surface area contributed by atoms with Gasteiger partial charge in [-0.05, 0) is 30.7 Å². The van der Waals surface area contributed by atoms with Gasteiger partial charge in [0, 0.05) is 11.8 Å². The smallest absolute Gasteiger partial charge is 0.311 e. The Kier molecular flexibility index (Phi) is 3.43. The van der Waals surface area contributed by atoms with E-state index in [4.69, 9.17) is 11.6 Å². The van der Waals surface area contributed by atoms with Gasteiger partial charge in [-0.3, -0.25) is 10.1 Å². The highest BCUT2D eigenvalue weighted by Crippen LogP contribution is 2.27. The van der Waals surface area contributed by atoms with Gasteiger partial charge in [-0.15, -0.1) is 0 Å². The lowest BCUT2D eigenvalue weighted by Gasteiger charge is -2.07. The second kappa shape index (κ2) is 5.01. The van der Waals surface area contributed by atoms with Crippen LogP contribution >= 0.6 is 11.6 Å². The summed E-state index contributed by atoms with van der Waals surface area (Å²) < 4.78 is 0. The maximum atomic E-state index is 10.9. The van der Waals surface area contributed by atoms with E-state index in [2.05, 4.69) is 10.3 Å². The van der Waals surface area contributed by atoms with Gasteiger partial charge in [-0.2, -0.15) is 0 Å². The largest absolute Gasteiger partial charge is 0.334 e. The molecule has 1 N–H and O–H groups in total. The summed E-state index contributed by atoms with van der Waals surface area (Å²) in [6.07, 6.45) is 0. The number of nitrogens with zero attached hydrogens (tertiary/aromatic N) is 2. The molecule has 1 aromatic carbocycles. The first-order valence-corrected chi connectivity index (χ1v) is 5.58. The van der Waals surface area contributed by atoms with Crippen LogP contribution in [0.25, 0.3) is 0 Å². The molecule has 0 radical (unpaired) electrons. The van der Waals surface area contributed by atoms with E-state index in [1.165, 1.54) is 12.1 Å². The molecule has 0 aliphatic heterocycles. The molecule has 6 heteroatoms. The monoisotopic (exact) mass is 263 g/mol. The fourth-order valence-electron chi connectivity index (χ4n) is 1.53. The van der Waals surface area contributed by atoms with Crippen molar-refractivity contribution in [3.63, 3.8) is 0 Å². The van der Waals surface area contributed by atoms with Gasteiger partial charge in [0.05, 0.1) is 4.92 Å². The number of aryl methyl sites for hydroxylation is 1. The van der Waals surface area contributed by atoms with E-state index in [0.29, 0.717) is 0 Å². The van der Waals surface area contributed by atoms with Crippen molar-refractivity contribution in [2.24, 2.45) is 0 Å². The Balaban J connectivity index is 2.39. The number of rotatable bonds is 3. The number of benzene rings is 1. The molecule has 0 spiro atoms. The Bertz CT molecular complexity index is 602. The molecule has 0 aliphatic rings. The van der Waals surface area contributed by atoms with E-state index in [1.807, 2.05) is 25.1 Å². The second-order valence-corrected chi connectivity index (χ2v) is 4.14. The minimum atomic E-state index is -0.499. The Morgan fingerprint density at radius 2 is 2.11 bits per heavy atom. The van der Waals surface area contributed by atoms with Crippen LogP contribution in [0.3, 0.4) is 0 Å². The summed E-state index contributed by atoms with van der Waals surface area (Å²) in [4.78, 5) is 14.3. The zero-order valence-corrected chi connectivity index (χ0v) is 10.3. The summed E-state index contributed by atoms with van der Waals surface area (Å²) in [6.45, 7) is 1.94. The third kappa shape index (κ3) is 2.75. The molecule has 0 bridgehead atoms. The van der Waals surface area contributed by atoms with Gasteiger partial charge in [0.2, 0.25) is 5.82 Å². The summed E-state index contributed by atoms with van der Waals surface area (Å²) in [6, 6.07) is 10.2. The summed E-state index contributed by atoms with van der Waals surface area (Å²) in [5.74, 6) is 0.137. The third-order valence-electron chi connectivity index (χ3n) is 2.32. The van der Waals surface area contributed by atoms with Crippen molar-refractivity contribution >= 4 is 28.8 Å². The average Bonchev–Trinajstić information content (AvgIpc) is 2.28. The van der Waals surface area contributed by atoms with Gasteiger partial charge >= 0.3 is 5.69 Å². The Hall–Kier alpha value is -2.14. The minimum absolute atomic E-state index is 0.110. The van der Waals surface area contributed by atoms with E-state index in [-0.39, 0.29) is 16.7 Å². The summed E-state index contributed by atoms with van der Waals surface area (Å²) in [5.41, 5.74) is 1.67. The summed E-state index contributed by atoms with van der Waals surface area (Å²) in [7, 11) is 0. The predicted octanol–water partition coefficient (Wildman–Crippen LogP) is 3.70.